The van der Waals surface area contributed by atoms with E-state index >= 15 is 0 Å². The Morgan fingerprint density at radius 2 is 1.89 bits per heavy atom. The number of ether oxygens (including phenoxy) is 1. The Labute approximate surface area is 115 Å². The van der Waals surface area contributed by atoms with E-state index in [1.54, 1.807) is 7.11 Å². The lowest BCUT2D eigenvalue weighted by molar-refractivity contribution is -0.133. The first kappa shape index (κ1) is 13.9. The first-order valence-corrected chi connectivity index (χ1v) is 6.99. The highest BCUT2D eigenvalue weighted by Gasteiger charge is 2.25. The number of nitrogens with zero attached hydrogens (tertiary/aromatic N) is 1. The summed E-state index contributed by atoms with van der Waals surface area (Å²) < 4.78 is 5.31. The largest absolute Gasteiger partial charge is 0.496 e. The third-order valence-corrected chi connectivity index (χ3v) is 3.76. The van der Waals surface area contributed by atoms with E-state index in [9.17, 15) is 4.79 Å². The van der Waals surface area contributed by atoms with Gasteiger partial charge in [0.15, 0.2) is 0 Å². The zero-order valence-electron chi connectivity index (χ0n) is 12.1. The van der Waals surface area contributed by atoms with Crippen LogP contribution in [0, 0.1) is 11.8 Å². The molecule has 0 radical (unpaired) electrons. The Balaban J connectivity index is 2.04. The van der Waals surface area contributed by atoms with Gasteiger partial charge in [-0.3, -0.25) is 4.79 Å². The van der Waals surface area contributed by atoms with Crippen LogP contribution in [0.1, 0.15) is 25.8 Å². The molecule has 0 unspecified atom stereocenters. The minimum absolute atomic E-state index is 0.211. The van der Waals surface area contributed by atoms with Crippen LogP contribution in [-0.4, -0.2) is 31.0 Å². The van der Waals surface area contributed by atoms with Gasteiger partial charge >= 0.3 is 0 Å². The van der Waals surface area contributed by atoms with Gasteiger partial charge < -0.3 is 9.64 Å². The molecule has 2 atom stereocenters. The number of carbonyl (C=O) groups excluding carboxylic acids is 1. The number of para-hydroxylation sites is 1. The van der Waals surface area contributed by atoms with Gasteiger partial charge in [0.25, 0.3) is 0 Å². The fourth-order valence-electron chi connectivity index (χ4n) is 2.99. The van der Waals surface area contributed by atoms with E-state index in [4.69, 9.17) is 4.74 Å². The summed E-state index contributed by atoms with van der Waals surface area (Å²) >= 11 is 0. The Bertz CT molecular complexity index is 434. The summed E-state index contributed by atoms with van der Waals surface area (Å²) in [6.07, 6.45) is 1.65. The van der Waals surface area contributed by atoms with Crippen molar-refractivity contribution in [2.24, 2.45) is 11.8 Å². The number of carbonyl (C=O) groups is 1. The van der Waals surface area contributed by atoms with Crippen molar-refractivity contribution in [3.63, 3.8) is 0 Å². The summed E-state index contributed by atoms with van der Waals surface area (Å²) in [7, 11) is 1.65. The second-order valence-electron chi connectivity index (χ2n) is 5.73. The Kier molecular flexibility index (Phi) is 4.46. The monoisotopic (exact) mass is 261 g/mol. The summed E-state index contributed by atoms with van der Waals surface area (Å²) in [5.74, 6) is 2.22. The maximum Gasteiger partial charge on any atom is 0.227 e. The van der Waals surface area contributed by atoms with Crippen LogP contribution in [0.15, 0.2) is 24.3 Å². The summed E-state index contributed by atoms with van der Waals surface area (Å²) in [5.41, 5.74) is 0.973. The third kappa shape index (κ3) is 3.49. The molecule has 19 heavy (non-hydrogen) atoms. The zero-order valence-corrected chi connectivity index (χ0v) is 12.1. The van der Waals surface area contributed by atoms with E-state index in [1.165, 1.54) is 6.42 Å². The number of amides is 1. The summed E-state index contributed by atoms with van der Waals surface area (Å²) in [5, 5.41) is 0. The van der Waals surface area contributed by atoms with Gasteiger partial charge in [0.05, 0.1) is 13.5 Å². The molecule has 1 aliphatic heterocycles. The normalized spacial score (nSPS) is 23.2. The molecule has 1 aromatic carbocycles. The van der Waals surface area contributed by atoms with E-state index in [1.807, 2.05) is 29.2 Å². The number of rotatable bonds is 3. The van der Waals surface area contributed by atoms with Crippen LogP contribution in [0.5, 0.6) is 5.75 Å². The molecule has 3 nitrogen and oxygen atoms in total. The highest BCUT2D eigenvalue weighted by atomic mass is 16.5. The average molecular weight is 261 g/mol. The maximum absolute atomic E-state index is 12.4. The van der Waals surface area contributed by atoms with Crippen molar-refractivity contribution in [1.29, 1.82) is 0 Å². The molecule has 0 aliphatic carbocycles. The van der Waals surface area contributed by atoms with E-state index in [-0.39, 0.29) is 5.91 Å². The van der Waals surface area contributed by atoms with Crippen LogP contribution >= 0.6 is 0 Å². The van der Waals surface area contributed by atoms with Gasteiger partial charge in [-0.2, -0.15) is 0 Å². The van der Waals surface area contributed by atoms with E-state index in [0.29, 0.717) is 18.3 Å². The van der Waals surface area contributed by atoms with Crippen LogP contribution in [0.2, 0.25) is 0 Å². The van der Waals surface area contributed by atoms with Gasteiger partial charge in [0, 0.05) is 18.7 Å². The van der Waals surface area contributed by atoms with Crippen molar-refractivity contribution in [2.45, 2.75) is 26.7 Å². The lowest BCUT2D eigenvalue weighted by atomic mass is 9.91. The second kappa shape index (κ2) is 6.09. The van der Waals surface area contributed by atoms with Gasteiger partial charge in [-0.15, -0.1) is 0 Å². The molecule has 0 spiro atoms. The number of methoxy groups -OCH3 is 1. The van der Waals surface area contributed by atoms with Gasteiger partial charge in [-0.1, -0.05) is 32.0 Å². The quantitative estimate of drug-likeness (QED) is 0.837. The van der Waals surface area contributed by atoms with Crippen LogP contribution in [0.4, 0.5) is 0 Å². The average Bonchev–Trinajstić information content (AvgIpc) is 2.38. The summed E-state index contributed by atoms with van der Waals surface area (Å²) in [6.45, 7) is 6.22. The van der Waals surface area contributed by atoms with Crippen molar-refractivity contribution in [3.05, 3.63) is 29.8 Å². The molecule has 0 saturated carbocycles. The van der Waals surface area contributed by atoms with Crippen LogP contribution in [0.25, 0.3) is 0 Å². The van der Waals surface area contributed by atoms with Crippen molar-refractivity contribution < 1.29 is 9.53 Å². The fraction of sp³-hybridized carbons (Fsp3) is 0.562. The maximum atomic E-state index is 12.4. The molecule has 1 saturated heterocycles. The smallest absolute Gasteiger partial charge is 0.227 e. The van der Waals surface area contributed by atoms with Gasteiger partial charge in [0.2, 0.25) is 5.91 Å². The summed E-state index contributed by atoms with van der Waals surface area (Å²) in [6, 6.07) is 7.75. The van der Waals surface area contributed by atoms with Gasteiger partial charge in [0.1, 0.15) is 5.75 Å². The van der Waals surface area contributed by atoms with Gasteiger partial charge in [-0.25, -0.2) is 0 Å². The predicted octanol–water partition coefficient (Wildman–Crippen LogP) is 2.74. The van der Waals surface area contributed by atoms with E-state index in [2.05, 4.69) is 13.8 Å². The first-order chi connectivity index (χ1) is 9.10. The molecular weight excluding hydrogens is 238 g/mol. The molecule has 104 valence electrons. The minimum atomic E-state index is 0.211. The topological polar surface area (TPSA) is 29.5 Å². The molecule has 1 aliphatic rings. The molecule has 0 bridgehead atoms. The number of likely N-dealkylation sites (tertiary alicyclic amines) is 1. The van der Waals surface area contributed by atoms with Crippen molar-refractivity contribution in [2.75, 3.05) is 20.2 Å². The van der Waals surface area contributed by atoms with Crippen molar-refractivity contribution in [3.8, 4) is 5.75 Å². The van der Waals surface area contributed by atoms with Crippen LogP contribution < -0.4 is 4.74 Å². The number of benzene rings is 1. The summed E-state index contributed by atoms with van der Waals surface area (Å²) in [4.78, 5) is 14.4. The predicted molar refractivity (Wildman–Crippen MR) is 76.2 cm³/mol. The molecule has 1 heterocycles. The third-order valence-electron chi connectivity index (χ3n) is 3.76. The number of hydrogen-bond acceptors (Lipinski definition) is 2. The lowest BCUT2D eigenvalue weighted by Gasteiger charge is -2.35. The van der Waals surface area contributed by atoms with Crippen molar-refractivity contribution >= 4 is 5.91 Å². The molecule has 1 aromatic rings. The Hall–Kier alpha value is -1.51. The SMILES string of the molecule is COc1ccccc1CC(=O)N1C[C@H](C)C[C@@H](C)C1. The second-order valence-corrected chi connectivity index (χ2v) is 5.73. The number of hydrogen-bond donors (Lipinski definition) is 0. The highest BCUT2D eigenvalue weighted by Crippen LogP contribution is 2.23. The molecule has 0 aromatic heterocycles. The molecular formula is C16H23NO2. The number of piperidine rings is 1. The minimum Gasteiger partial charge on any atom is -0.496 e. The van der Waals surface area contributed by atoms with Crippen molar-refractivity contribution in [1.82, 2.24) is 4.90 Å². The standard InChI is InChI=1S/C16H23NO2/c1-12-8-13(2)11-17(10-12)16(18)9-14-6-4-5-7-15(14)19-3/h4-7,12-13H,8-11H2,1-3H3/t12-,13-/m1/s1. The fourth-order valence-corrected chi connectivity index (χ4v) is 2.99. The molecule has 0 N–H and O–H groups in total. The van der Waals surface area contributed by atoms with Crippen LogP contribution in [0.3, 0.4) is 0 Å². The highest BCUT2D eigenvalue weighted by molar-refractivity contribution is 5.79. The zero-order chi connectivity index (χ0) is 13.8. The van der Waals surface area contributed by atoms with Gasteiger partial charge in [-0.05, 0) is 24.3 Å². The Morgan fingerprint density at radius 1 is 1.26 bits per heavy atom. The molecule has 3 heteroatoms. The lowest BCUT2D eigenvalue weighted by Crippen LogP contribution is -2.43. The van der Waals surface area contributed by atoms with Crippen LogP contribution in [-0.2, 0) is 11.2 Å². The molecule has 1 amide bonds. The molecule has 2 rings (SSSR count). The van der Waals surface area contributed by atoms with E-state index < -0.39 is 0 Å². The first-order valence-electron chi connectivity index (χ1n) is 6.99. The molecule has 1 fully saturated rings. The Morgan fingerprint density at radius 3 is 2.53 bits per heavy atom. The van der Waals surface area contributed by atoms with E-state index in [0.717, 1.165) is 24.4 Å².